The van der Waals surface area contributed by atoms with Crippen LogP contribution < -0.4 is 5.32 Å². The van der Waals surface area contributed by atoms with Gasteiger partial charge in [0.2, 0.25) is 5.95 Å². The summed E-state index contributed by atoms with van der Waals surface area (Å²) in [4.78, 5) is 12.0. The second-order valence-electron chi connectivity index (χ2n) is 2.94. The topological polar surface area (TPSA) is 55.6 Å². The zero-order valence-corrected chi connectivity index (χ0v) is 8.17. The van der Waals surface area contributed by atoms with E-state index in [1.807, 2.05) is 16.8 Å². The van der Waals surface area contributed by atoms with Crippen molar-refractivity contribution < 1.29 is 0 Å². The van der Waals surface area contributed by atoms with E-state index >= 15 is 0 Å². The molecule has 5 nitrogen and oxygen atoms in total. The number of rotatable bonds is 4. The molecule has 0 atom stereocenters. The summed E-state index contributed by atoms with van der Waals surface area (Å²) >= 11 is 0. The van der Waals surface area contributed by atoms with Gasteiger partial charge in [-0.05, 0) is 0 Å². The maximum Gasteiger partial charge on any atom is 0.207 e. The Morgan fingerprint density at radius 3 is 2.93 bits per heavy atom. The van der Waals surface area contributed by atoms with Crippen LogP contribution in [-0.2, 0) is 6.54 Å². The lowest BCUT2D eigenvalue weighted by Crippen LogP contribution is -2.02. The minimum atomic E-state index is 0.718. The number of hydrogen-bond donors (Lipinski definition) is 1. The van der Waals surface area contributed by atoms with Crippen molar-refractivity contribution in [2.75, 3.05) is 5.32 Å². The van der Waals surface area contributed by atoms with Gasteiger partial charge >= 0.3 is 0 Å². The Morgan fingerprint density at radius 1 is 1.40 bits per heavy atom. The lowest BCUT2D eigenvalue weighted by Gasteiger charge is -2.06. The molecule has 2 rings (SSSR count). The van der Waals surface area contributed by atoms with E-state index in [4.69, 9.17) is 0 Å². The second-order valence-corrected chi connectivity index (χ2v) is 2.94. The van der Waals surface area contributed by atoms with E-state index in [9.17, 15) is 0 Å². The molecular weight excluding hydrogens is 190 g/mol. The first-order valence-electron chi connectivity index (χ1n) is 4.54. The molecule has 15 heavy (non-hydrogen) atoms. The summed E-state index contributed by atoms with van der Waals surface area (Å²) < 4.78 is 1.94. The average molecular weight is 201 g/mol. The van der Waals surface area contributed by atoms with Gasteiger partial charge in [0.25, 0.3) is 0 Å². The van der Waals surface area contributed by atoms with Crippen molar-refractivity contribution in [3.8, 4) is 0 Å². The van der Waals surface area contributed by atoms with Gasteiger partial charge in [-0.2, -0.15) is 0 Å². The summed E-state index contributed by atoms with van der Waals surface area (Å²) in [5, 5.41) is 3.12. The summed E-state index contributed by atoms with van der Waals surface area (Å²) in [6, 6.07) is 0. The molecule has 2 aromatic heterocycles. The smallest absolute Gasteiger partial charge is 0.207 e. The highest BCUT2D eigenvalue weighted by Gasteiger charge is 2.01. The van der Waals surface area contributed by atoms with Crippen LogP contribution in [-0.4, -0.2) is 19.5 Å². The maximum absolute atomic E-state index is 4.18. The van der Waals surface area contributed by atoms with E-state index in [-0.39, 0.29) is 0 Å². The fraction of sp³-hybridized carbons (Fsp3) is 0.100. The van der Waals surface area contributed by atoms with Crippen LogP contribution in [0.3, 0.4) is 0 Å². The summed E-state index contributed by atoms with van der Waals surface area (Å²) in [5.41, 5.74) is 0.814. The van der Waals surface area contributed by atoms with Gasteiger partial charge in [0.05, 0.1) is 18.1 Å². The van der Waals surface area contributed by atoms with E-state index < -0.39 is 0 Å². The van der Waals surface area contributed by atoms with Gasteiger partial charge < -0.3 is 9.88 Å². The van der Waals surface area contributed by atoms with Gasteiger partial charge in [0, 0.05) is 18.9 Å². The molecule has 0 bridgehead atoms. The fourth-order valence-corrected chi connectivity index (χ4v) is 1.21. The Bertz CT molecular complexity index is 434. The second kappa shape index (κ2) is 4.36. The highest BCUT2D eigenvalue weighted by atomic mass is 15.2. The zero-order chi connectivity index (χ0) is 10.5. The predicted octanol–water partition coefficient (Wildman–Crippen LogP) is 1.60. The Balaban J connectivity index is 2.17. The van der Waals surface area contributed by atoms with Crippen molar-refractivity contribution in [3.05, 3.63) is 43.8 Å². The van der Waals surface area contributed by atoms with Gasteiger partial charge in [0.15, 0.2) is 0 Å². The van der Waals surface area contributed by atoms with Gasteiger partial charge in [-0.1, -0.05) is 6.08 Å². The van der Waals surface area contributed by atoms with Crippen LogP contribution in [0.4, 0.5) is 11.6 Å². The number of imidazole rings is 1. The van der Waals surface area contributed by atoms with Gasteiger partial charge in [0.1, 0.15) is 6.33 Å². The highest BCUT2D eigenvalue weighted by Crippen LogP contribution is 2.11. The van der Waals surface area contributed by atoms with Crippen LogP contribution in [0.25, 0.3) is 0 Å². The Hall–Kier alpha value is -2.17. The van der Waals surface area contributed by atoms with Crippen LogP contribution >= 0.6 is 0 Å². The first-order chi connectivity index (χ1) is 7.40. The molecule has 0 spiro atoms. The molecule has 76 valence electrons. The number of allylic oxidation sites excluding steroid dienone is 1. The molecule has 0 saturated heterocycles. The molecule has 0 fully saturated rings. The minimum absolute atomic E-state index is 0.718. The van der Waals surface area contributed by atoms with Crippen LogP contribution in [0.2, 0.25) is 0 Å². The molecule has 0 saturated carbocycles. The molecule has 2 aromatic rings. The lowest BCUT2D eigenvalue weighted by atomic mass is 10.5. The first kappa shape index (κ1) is 9.39. The van der Waals surface area contributed by atoms with E-state index in [2.05, 4.69) is 26.8 Å². The quantitative estimate of drug-likeness (QED) is 0.763. The molecule has 0 aliphatic carbocycles. The molecule has 0 aliphatic heterocycles. The average Bonchev–Trinajstić information content (AvgIpc) is 2.68. The third kappa shape index (κ3) is 2.19. The molecule has 0 radical (unpaired) electrons. The summed E-state index contributed by atoms with van der Waals surface area (Å²) in [6.07, 6.45) is 10.3. The van der Waals surface area contributed by atoms with Crippen LogP contribution in [0, 0.1) is 0 Å². The normalized spacial score (nSPS) is 9.87. The van der Waals surface area contributed by atoms with Gasteiger partial charge in [-0.15, -0.1) is 6.58 Å². The minimum Gasteiger partial charge on any atom is -0.323 e. The van der Waals surface area contributed by atoms with Crippen molar-refractivity contribution >= 4 is 11.6 Å². The highest BCUT2D eigenvalue weighted by molar-refractivity contribution is 5.50. The first-order valence-corrected chi connectivity index (χ1v) is 4.54. The van der Waals surface area contributed by atoms with Crippen molar-refractivity contribution in [2.45, 2.75) is 6.54 Å². The summed E-state index contributed by atoms with van der Waals surface area (Å²) in [7, 11) is 0. The molecule has 0 aromatic carbocycles. The van der Waals surface area contributed by atoms with Crippen molar-refractivity contribution in [3.63, 3.8) is 0 Å². The molecule has 0 amide bonds. The fourth-order valence-electron chi connectivity index (χ4n) is 1.21. The number of nitrogens with one attached hydrogen (secondary N) is 1. The van der Waals surface area contributed by atoms with E-state index in [0.717, 1.165) is 18.2 Å². The predicted molar refractivity (Wildman–Crippen MR) is 57.7 cm³/mol. The maximum atomic E-state index is 4.18. The Kier molecular flexibility index (Phi) is 2.73. The molecular formula is C10H11N5. The molecule has 0 unspecified atom stereocenters. The molecule has 0 aliphatic rings. The number of anilines is 2. The van der Waals surface area contributed by atoms with E-state index in [0.29, 0.717) is 0 Å². The van der Waals surface area contributed by atoms with E-state index in [1.165, 1.54) is 6.33 Å². The number of aromatic nitrogens is 4. The Labute approximate surface area is 87.5 Å². The van der Waals surface area contributed by atoms with Gasteiger partial charge in [-0.25, -0.2) is 15.0 Å². The van der Waals surface area contributed by atoms with Gasteiger partial charge in [-0.3, -0.25) is 0 Å². The summed E-state index contributed by atoms with van der Waals surface area (Å²) in [5.74, 6) is 0.754. The Morgan fingerprint density at radius 2 is 2.20 bits per heavy atom. The van der Waals surface area contributed by atoms with Crippen LogP contribution in [0.15, 0.2) is 43.8 Å². The third-order valence-corrected chi connectivity index (χ3v) is 1.86. The number of hydrogen-bond acceptors (Lipinski definition) is 4. The SMILES string of the molecule is C=CCn1ccnc1Nc1cncnc1. The van der Waals surface area contributed by atoms with E-state index in [1.54, 1.807) is 18.6 Å². The molecule has 2 heterocycles. The monoisotopic (exact) mass is 201 g/mol. The van der Waals surface area contributed by atoms with Crippen molar-refractivity contribution in [2.24, 2.45) is 0 Å². The third-order valence-electron chi connectivity index (χ3n) is 1.86. The van der Waals surface area contributed by atoms with Crippen LogP contribution in [0.1, 0.15) is 0 Å². The van der Waals surface area contributed by atoms with Crippen molar-refractivity contribution in [1.82, 2.24) is 19.5 Å². The molecule has 5 heteroatoms. The standard InChI is InChI=1S/C10H11N5/c1-2-4-15-5-3-13-10(15)14-9-6-11-8-12-7-9/h2-3,5-8H,1,4H2,(H,13,14). The van der Waals surface area contributed by atoms with Crippen LogP contribution in [0.5, 0.6) is 0 Å². The summed E-state index contributed by atoms with van der Waals surface area (Å²) in [6.45, 7) is 4.40. The largest absolute Gasteiger partial charge is 0.323 e. The van der Waals surface area contributed by atoms with Crippen molar-refractivity contribution in [1.29, 1.82) is 0 Å². The molecule has 1 N–H and O–H groups in total. The zero-order valence-electron chi connectivity index (χ0n) is 8.17. The number of nitrogens with zero attached hydrogens (tertiary/aromatic N) is 4. The lowest BCUT2D eigenvalue weighted by molar-refractivity contribution is 0.832.